The van der Waals surface area contributed by atoms with Gasteiger partial charge in [-0.3, -0.25) is 19.7 Å². The number of nitrogens with zero attached hydrogens (tertiary/aromatic N) is 2. The van der Waals surface area contributed by atoms with Crippen LogP contribution in [0.1, 0.15) is 31.3 Å². The van der Waals surface area contributed by atoms with Gasteiger partial charge in [-0.1, -0.05) is 23.7 Å². The molecule has 0 fully saturated rings. The summed E-state index contributed by atoms with van der Waals surface area (Å²) in [7, 11) is 0. The van der Waals surface area contributed by atoms with E-state index in [1.54, 1.807) is 48.9 Å². The predicted octanol–water partition coefficient (Wildman–Crippen LogP) is 3.53. The van der Waals surface area contributed by atoms with Crippen molar-refractivity contribution < 1.29 is 9.59 Å². The lowest BCUT2D eigenvalue weighted by atomic mass is 10.1. The van der Waals surface area contributed by atoms with Crippen molar-refractivity contribution in [1.29, 1.82) is 0 Å². The number of fused-ring (bicyclic) bond motifs is 1. The Labute approximate surface area is 175 Å². The van der Waals surface area contributed by atoms with Crippen LogP contribution in [-0.2, 0) is 13.1 Å². The number of hydrogen-bond donors (Lipinski definition) is 3. The zero-order valence-corrected chi connectivity index (χ0v) is 16.7. The van der Waals surface area contributed by atoms with E-state index in [2.05, 4.69) is 25.8 Å². The van der Waals surface area contributed by atoms with E-state index in [0.717, 1.165) is 21.3 Å². The fraction of sp³-hybridized carbons (Fsp3) is 0.100. The number of H-pyrrole nitrogens is 1. The normalized spacial score (nSPS) is 10.8. The molecule has 0 atom stereocenters. The van der Waals surface area contributed by atoms with E-state index in [4.69, 9.17) is 11.6 Å². The molecule has 0 unspecified atom stereocenters. The predicted molar refractivity (Wildman–Crippen MR) is 112 cm³/mol. The number of halogens is 1. The van der Waals surface area contributed by atoms with Crippen LogP contribution in [0.25, 0.3) is 10.1 Å². The summed E-state index contributed by atoms with van der Waals surface area (Å²) in [5.74, 6) is -0.393. The van der Waals surface area contributed by atoms with E-state index in [1.807, 2.05) is 6.07 Å². The zero-order chi connectivity index (χ0) is 20.2. The molecule has 9 heteroatoms. The second-order valence-corrected chi connectivity index (χ2v) is 7.78. The van der Waals surface area contributed by atoms with Crippen LogP contribution in [0.4, 0.5) is 0 Å². The highest BCUT2D eigenvalue weighted by Crippen LogP contribution is 2.30. The summed E-state index contributed by atoms with van der Waals surface area (Å²) in [4.78, 5) is 29.4. The molecule has 4 rings (SSSR count). The van der Waals surface area contributed by atoms with E-state index in [9.17, 15) is 9.59 Å². The number of aromatic nitrogens is 3. The van der Waals surface area contributed by atoms with Gasteiger partial charge in [0, 0.05) is 36.1 Å². The van der Waals surface area contributed by atoms with Crippen LogP contribution in [-0.4, -0.2) is 27.0 Å². The average Bonchev–Trinajstić information content (AvgIpc) is 3.41. The Bertz CT molecular complexity index is 1170. The van der Waals surface area contributed by atoms with Crippen LogP contribution < -0.4 is 10.6 Å². The molecule has 0 radical (unpaired) electrons. The maximum atomic E-state index is 12.5. The third kappa shape index (κ3) is 4.44. The lowest BCUT2D eigenvalue weighted by Crippen LogP contribution is -2.24. The van der Waals surface area contributed by atoms with Crippen LogP contribution in [0.15, 0.2) is 55.0 Å². The van der Waals surface area contributed by atoms with Crippen molar-refractivity contribution in [2.45, 2.75) is 13.1 Å². The minimum atomic E-state index is -0.198. The Kier molecular flexibility index (Phi) is 5.55. The first-order valence-corrected chi connectivity index (χ1v) is 9.96. The molecule has 3 N–H and O–H groups in total. The molecule has 29 heavy (non-hydrogen) atoms. The topological polar surface area (TPSA) is 99.8 Å². The Morgan fingerprint density at radius 3 is 2.72 bits per heavy atom. The van der Waals surface area contributed by atoms with Crippen molar-refractivity contribution >= 4 is 44.8 Å². The number of carbonyl (C=O) groups is 2. The summed E-state index contributed by atoms with van der Waals surface area (Å²) in [6.45, 7) is 0.671. The van der Waals surface area contributed by atoms with E-state index in [0.29, 0.717) is 28.6 Å². The minimum absolute atomic E-state index is 0.195. The summed E-state index contributed by atoms with van der Waals surface area (Å²) in [5, 5.41) is 13.7. The summed E-state index contributed by atoms with van der Waals surface area (Å²) < 4.78 is 0.860. The summed E-state index contributed by atoms with van der Waals surface area (Å²) >= 11 is 7.46. The molecule has 0 spiro atoms. The zero-order valence-electron chi connectivity index (χ0n) is 15.1. The maximum Gasteiger partial charge on any atom is 0.261 e. The van der Waals surface area contributed by atoms with Gasteiger partial charge in [0.05, 0.1) is 26.8 Å². The number of rotatable bonds is 6. The lowest BCUT2D eigenvalue weighted by Gasteiger charge is -2.07. The molecule has 4 aromatic rings. The fourth-order valence-corrected chi connectivity index (χ4v) is 4.03. The van der Waals surface area contributed by atoms with Gasteiger partial charge in [0.2, 0.25) is 0 Å². The number of benzene rings is 1. The molecule has 0 aliphatic heterocycles. The average molecular weight is 426 g/mol. The number of thiophene rings is 1. The van der Waals surface area contributed by atoms with Crippen molar-refractivity contribution in [3.63, 3.8) is 0 Å². The Balaban J connectivity index is 1.39. The molecule has 3 aromatic heterocycles. The van der Waals surface area contributed by atoms with Gasteiger partial charge < -0.3 is 10.6 Å². The SMILES string of the molecule is O=C(NCc1ccn[nH]1)c1cccc(CNC(=O)c2cc3c(Cl)cncc3s2)c1. The van der Waals surface area contributed by atoms with Crippen LogP contribution in [0.3, 0.4) is 0 Å². The molecule has 0 aliphatic carbocycles. The van der Waals surface area contributed by atoms with Gasteiger partial charge >= 0.3 is 0 Å². The van der Waals surface area contributed by atoms with Gasteiger partial charge in [-0.2, -0.15) is 5.10 Å². The number of amides is 2. The van der Waals surface area contributed by atoms with Crippen molar-refractivity contribution in [3.8, 4) is 0 Å². The summed E-state index contributed by atoms with van der Waals surface area (Å²) in [6.07, 6.45) is 4.88. The first kappa shape index (κ1) is 19.1. The van der Waals surface area contributed by atoms with Gasteiger partial charge in [-0.15, -0.1) is 11.3 Å². The Morgan fingerprint density at radius 2 is 1.93 bits per heavy atom. The highest BCUT2D eigenvalue weighted by Gasteiger charge is 2.13. The quantitative estimate of drug-likeness (QED) is 0.440. The van der Waals surface area contributed by atoms with Gasteiger partial charge in [-0.05, 0) is 29.8 Å². The molecule has 0 saturated heterocycles. The third-order valence-corrected chi connectivity index (χ3v) is 5.63. The molecule has 7 nitrogen and oxygen atoms in total. The minimum Gasteiger partial charge on any atom is -0.347 e. The first-order chi connectivity index (χ1) is 14.1. The largest absolute Gasteiger partial charge is 0.347 e. The van der Waals surface area contributed by atoms with Crippen LogP contribution in [0.2, 0.25) is 5.02 Å². The molecule has 3 heterocycles. The molecular weight excluding hydrogens is 410 g/mol. The Morgan fingerprint density at radius 1 is 1.07 bits per heavy atom. The highest BCUT2D eigenvalue weighted by molar-refractivity contribution is 7.20. The Hall–Kier alpha value is -3.23. The summed E-state index contributed by atoms with van der Waals surface area (Å²) in [5.41, 5.74) is 2.17. The molecule has 2 amide bonds. The first-order valence-electron chi connectivity index (χ1n) is 8.77. The van der Waals surface area contributed by atoms with Crippen molar-refractivity contribution in [2.75, 3.05) is 0 Å². The molecule has 0 saturated carbocycles. The van der Waals surface area contributed by atoms with E-state index in [-0.39, 0.29) is 11.8 Å². The van der Waals surface area contributed by atoms with Crippen molar-refractivity contribution in [3.05, 3.63) is 81.7 Å². The smallest absolute Gasteiger partial charge is 0.261 e. The standard InChI is InChI=1S/C20H16ClN5O2S/c21-16-10-22-11-18-15(16)7-17(29-18)20(28)23-8-12-2-1-3-13(6-12)19(27)24-9-14-4-5-25-26-14/h1-7,10-11H,8-9H2,(H,23,28)(H,24,27)(H,25,26). The van der Waals surface area contributed by atoms with E-state index in [1.165, 1.54) is 11.3 Å². The number of aromatic amines is 1. The number of pyridine rings is 1. The summed E-state index contributed by atoms with van der Waals surface area (Å²) in [6, 6.07) is 10.7. The van der Waals surface area contributed by atoms with Crippen LogP contribution in [0, 0.1) is 0 Å². The molecule has 0 aliphatic rings. The number of hydrogen-bond acceptors (Lipinski definition) is 5. The molecule has 146 valence electrons. The van der Waals surface area contributed by atoms with Crippen LogP contribution in [0.5, 0.6) is 0 Å². The monoisotopic (exact) mass is 425 g/mol. The second kappa shape index (κ2) is 8.42. The second-order valence-electron chi connectivity index (χ2n) is 6.29. The van der Waals surface area contributed by atoms with Crippen molar-refractivity contribution in [1.82, 2.24) is 25.8 Å². The van der Waals surface area contributed by atoms with Crippen LogP contribution >= 0.6 is 22.9 Å². The van der Waals surface area contributed by atoms with Crippen molar-refractivity contribution in [2.24, 2.45) is 0 Å². The van der Waals surface area contributed by atoms with Gasteiger partial charge in [-0.25, -0.2) is 0 Å². The lowest BCUT2D eigenvalue weighted by molar-refractivity contribution is 0.0946. The fourth-order valence-electron chi connectivity index (χ4n) is 2.79. The maximum absolute atomic E-state index is 12.5. The van der Waals surface area contributed by atoms with E-state index >= 15 is 0 Å². The van der Waals surface area contributed by atoms with Gasteiger partial charge in [0.25, 0.3) is 11.8 Å². The molecule has 1 aromatic carbocycles. The molecular formula is C20H16ClN5O2S. The third-order valence-electron chi connectivity index (χ3n) is 4.26. The molecule has 0 bridgehead atoms. The van der Waals surface area contributed by atoms with E-state index < -0.39 is 0 Å². The van der Waals surface area contributed by atoms with Gasteiger partial charge in [0.15, 0.2) is 0 Å². The highest BCUT2D eigenvalue weighted by atomic mass is 35.5. The number of nitrogens with one attached hydrogen (secondary N) is 3. The van der Waals surface area contributed by atoms with Gasteiger partial charge in [0.1, 0.15) is 0 Å². The number of carbonyl (C=O) groups excluding carboxylic acids is 2.